The van der Waals surface area contributed by atoms with Crippen molar-refractivity contribution < 1.29 is 14.7 Å². The van der Waals surface area contributed by atoms with E-state index in [-0.39, 0.29) is 5.56 Å². The Kier molecular flexibility index (Phi) is 4.00. The highest BCUT2D eigenvalue weighted by Crippen LogP contribution is 2.11. The van der Waals surface area contributed by atoms with Crippen LogP contribution in [0.3, 0.4) is 0 Å². The van der Waals surface area contributed by atoms with Crippen LogP contribution in [0.5, 0.6) is 0 Å². The number of carboxylic acid groups (broad SMARTS) is 1. The predicted molar refractivity (Wildman–Crippen MR) is 75.7 cm³/mol. The fourth-order valence-corrected chi connectivity index (χ4v) is 1.72. The fraction of sp³-hybridized carbons (Fsp3) is 0.0667. The molecule has 2 aromatic rings. The number of nitrogens with one attached hydrogen (secondary N) is 1. The molecule has 0 radical (unpaired) electrons. The standard InChI is InChI=1S/C15H14N2O3/c16-14(18)11-5-7-13(8-6-11)17-9-10-1-3-12(4-2-10)15(19)20/h1-8,17H,9H2,(H2,16,18)(H,19,20). The molecule has 0 aromatic heterocycles. The Hall–Kier alpha value is -2.82. The molecule has 0 saturated heterocycles. The second-order valence-corrected chi connectivity index (χ2v) is 4.30. The number of carbonyl (C=O) groups is 2. The van der Waals surface area contributed by atoms with Gasteiger partial charge in [-0.15, -0.1) is 0 Å². The van der Waals surface area contributed by atoms with Crippen LogP contribution in [-0.2, 0) is 6.54 Å². The average Bonchev–Trinajstić information content (AvgIpc) is 2.46. The smallest absolute Gasteiger partial charge is 0.335 e. The molecule has 2 rings (SSSR count). The van der Waals surface area contributed by atoms with Gasteiger partial charge in [-0.05, 0) is 42.0 Å². The third-order valence-corrected chi connectivity index (χ3v) is 2.87. The summed E-state index contributed by atoms with van der Waals surface area (Å²) in [5.74, 6) is -1.40. The summed E-state index contributed by atoms with van der Waals surface area (Å²) in [6.45, 7) is 0.565. The second kappa shape index (κ2) is 5.88. The summed E-state index contributed by atoms with van der Waals surface area (Å²) in [6.07, 6.45) is 0. The molecule has 0 aliphatic carbocycles. The Morgan fingerprint density at radius 3 is 2.00 bits per heavy atom. The number of primary amides is 1. The largest absolute Gasteiger partial charge is 0.478 e. The van der Waals surface area contributed by atoms with Gasteiger partial charge in [0, 0.05) is 17.8 Å². The number of rotatable bonds is 5. The SMILES string of the molecule is NC(=O)c1ccc(NCc2ccc(C(=O)O)cc2)cc1. The van der Waals surface area contributed by atoms with Gasteiger partial charge in [0.1, 0.15) is 0 Å². The van der Waals surface area contributed by atoms with Crippen molar-refractivity contribution in [2.24, 2.45) is 5.73 Å². The fourth-order valence-electron chi connectivity index (χ4n) is 1.72. The summed E-state index contributed by atoms with van der Waals surface area (Å²) in [5.41, 5.74) is 7.71. The molecule has 0 heterocycles. The van der Waals surface area contributed by atoms with Crippen molar-refractivity contribution in [3.8, 4) is 0 Å². The summed E-state index contributed by atoms with van der Waals surface area (Å²) in [4.78, 5) is 21.7. The lowest BCUT2D eigenvalue weighted by Crippen LogP contribution is -2.10. The number of aromatic carboxylic acids is 1. The van der Waals surface area contributed by atoms with Crippen molar-refractivity contribution in [2.75, 3.05) is 5.32 Å². The summed E-state index contributed by atoms with van der Waals surface area (Å²) >= 11 is 0. The molecule has 0 saturated carbocycles. The number of carbonyl (C=O) groups excluding carboxylic acids is 1. The monoisotopic (exact) mass is 270 g/mol. The minimum atomic E-state index is -0.938. The number of hydrogen-bond acceptors (Lipinski definition) is 3. The first kappa shape index (κ1) is 13.6. The van der Waals surface area contributed by atoms with Gasteiger partial charge in [-0.3, -0.25) is 4.79 Å². The van der Waals surface area contributed by atoms with Crippen molar-refractivity contribution in [1.82, 2.24) is 0 Å². The Morgan fingerprint density at radius 1 is 0.950 bits per heavy atom. The quantitative estimate of drug-likeness (QED) is 0.775. The number of nitrogens with two attached hydrogens (primary N) is 1. The molecule has 0 atom stereocenters. The number of anilines is 1. The van der Waals surface area contributed by atoms with Gasteiger partial charge in [0.2, 0.25) is 5.91 Å². The highest BCUT2D eigenvalue weighted by atomic mass is 16.4. The Morgan fingerprint density at radius 2 is 1.50 bits per heavy atom. The van der Waals surface area contributed by atoms with Gasteiger partial charge in [-0.25, -0.2) is 4.79 Å². The molecule has 0 aliphatic rings. The first-order valence-electron chi connectivity index (χ1n) is 6.02. The van der Waals surface area contributed by atoms with E-state index in [0.717, 1.165) is 11.3 Å². The van der Waals surface area contributed by atoms with Gasteiger partial charge in [-0.2, -0.15) is 0 Å². The molecule has 5 heteroatoms. The third-order valence-electron chi connectivity index (χ3n) is 2.87. The van der Waals surface area contributed by atoms with E-state index in [9.17, 15) is 9.59 Å². The molecule has 0 aliphatic heterocycles. The molecule has 20 heavy (non-hydrogen) atoms. The zero-order valence-corrected chi connectivity index (χ0v) is 10.7. The van der Waals surface area contributed by atoms with Gasteiger partial charge in [0.15, 0.2) is 0 Å². The van der Waals surface area contributed by atoms with Crippen LogP contribution in [0.15, 0.2) is 48.5 Å². The van der Waals surface area contributed by atoms with Crippen molar-refractivity contribution in [3.63, 3.8) is 0 Å². The maximum absolute atomic E-state index is 10.9. The van der Waals surface area contributed by atoms with Crippen LogP contribution in [-0.4, -0.2) is 17.0 Å². The summed E-state index contributed by atoms with van der Waals surface area (Å²) in [6, 6.07) is 13.5. The molecule has 0 spiro atoms. The van der Waals surface area contributed by atoms with E-state index in [0.29, 0.717) is 12.1 Å². The van der Waals surface area contributed by atoms with E-state index in [1.807, 2.05) is 0 Å². The van der Waals surface area contributed by atoms with Gasteiger partial charge in [0.25, 0.3) is 0 Å². The van der Waals surface area contributed by atoms with E-state index in [1.165, 1.54) is 0 Å². The molecule has 0 unspecified atom stereocenters. The zero-order chi connectivity index (χ0) is 14.5. The number of carboxylic acids is 1. The van der Waals surface area contributed by atoms with Crippen molar-refractivity contribution in [2.45, 2.75) is 6.54 Å². The van der Waals surface area contributed by atoms with E-state index >= 15 is 0 Å². The van der Waals surface area contributed by atoms with Crippen LogP contribution in [0.25, 0.3) is 0 Å². The van der Waals surface area contributed by atoms with E-state index in [1.54, 1.807) is 48.5 Å². The molecular formula is C15H14N2O3. The first-order valence-corrected chi connectivity index (χ1v) is 6.02. The third kappa shape index (κ3) is 3.35. The van der Waals surface area contributed by atoms with E-state index in [4.69, 9.17) is 10.8 Å². The van der Waals surface area contributed by atoms with Gasteiger partial charge in [-0.1, -0.05) is 12.1 Å². The van der Waals surface area contributed by atoms with Crippen LogP contribution in [0.2, 0.25) is 0 Å². The van der Waals surface area contributed by atoms with Crippen LogP contribution in [0, 0.1) is 0 Å². The Bertz CT molecular complexity index is 561. The lowest BCUT2D eigenvalue weighted by molar-refractivity contribution is 0.0696. The minimum Gasteiger partial charge on any atom is -0.478 e. The minimum absolute atomic E-state index is 0.263. The number of benzene rings is 2. The van der Waals surface area contributed by atoms with Crippen LogP contribution in [0.1, 0.15) is 26.3 Å². The zero-order valence-electron chi connectivity index (χ0n) is 10.7. The topological polar surface area (TPSA) is 92.4 Å². The summed E-state index contributed by atoms with van der Waals surface area (Å²) in [5, 5.41) is 12.0. The molecule has 5 nitrogen and oxygen atoms in total. The first-order chi connectivity index (χ1) is 9.56. The Balaban J connectivity index is 1.97. The van der Waals surface area contributed by atoms with Gasteiger partial charge in [0.05, 0.1) is 5.56 Å². The maximum atomic E-state index is 10.9. The summed E-state index contributed by atoms with van der Waals surface area (Å²) < 4.78 is 0. The molecule has 102 valence electrons. The van der Waals surface area contributed by atoms with Gasteiger partial charge < -0.3 is 16.2 Å². The lowest BCUT2D eigenvalue weighted by atomic mass is 10.1. The average molecular weight is 270 g/mol. The molecule has 2 aromatic carbocycles. The maximum Gasteiger partial charge on any atom is 0.335 e. The van der Waals surface area contributed by atoms with E-state index in [2.05, 4.69) is 5.32 Å². The van der Waals surface area contributed by atoms with E-state index < -0.39 is 11.9 Å². The van der Waals surface area contributed by atoms with Crippen LogP contribution >= 0.6 is 0 Å². The van der Waals surface area contributed by atoms with Crippen molar-refractivity contribution in [1.29, 1.82) is 0 Å². The lowest BCUT2D eigenvalue weighted by Gasteiger charge is -2.07. The second-order valence-electron chi connectivity index (χ2n) is 4.30. The Labute approximate surface area is 116 Å². The van der Waals surface area contributed by atoms with Crippen molar-refractivity contribution >= 4 is 17.6 Å². The molecule has 1 amide bonds. The highest BCUT2D eigenvalue weighted by Gasteiger charge is 2.02. The molecular weight excluding hydrogens is 256 g/mol. The number of hydrogen-bond donors (Lipinski definition) is 3. The molecule has 4 N–H and O–H groups in total. The molecule has 0 fully saturated rings. The summed E-state index contributed by atoms with van der Waals surface area (Å²) in [7, 11) is 0. The normalized spacial score (nSPS) is 10.0. The van der Waals surface area contributed by atoms with Gasteiger partial charge >= 0.3 is 5.97 Å². The highest BCUT2D eigenvalue weighted by molar-refractivity contribution is 5.93. The van der Waals surface area contributed by atoms with Crippen LogP contribution in [0.4, 0.5) is 5.69 Å². The molecule has 0 bridgehead atoms. The van der Waals surface area contributed by atoms with Crippen LogP contribution < -0.4 is 11.1 Å². The predicted octanol–water partition coefficient (Wildman–Crippen LogP) is 2.10. The number of amides is 1. The van der Waals surface area contributed by atoms with Crippen molar-refractivity contribution in [3.05, 3.63) is 65.2 Å².